The van der Waals surface area contributed by atoms with Crippen molar-refractivity contribution in [1.82, 2.24) is 14.8 Å². The van der Waals surface area contributed by atoms with Crippen LogP contribution in [0.5, 0.6) is 0 Å². The SMILES string of the molecule is C=C(N)c1ccc(C(N)(CCC2CC2)c2ccc(F)c(NC(=O)c3cc(C)nn3-c3cccc(CN)c3)c2)cn1. The minimum atomic E-state index is -0.946. The molecule has 2 aromatic heterocycles. The van der Waals surface area contributed by atoms with Crippen LogP contribution in [-0.2, 0) is 12.1 Å². The Morgan fingerprint density at radius 1 is 1.15 bits per heavy atom. The number of carbonyl (C=O) groups is 1. The first-order valence-electron chi connectivity index (χ1n) is 13.4. The van der Waals surface area contributed by atoms with E-state index in [0.29, 0.717) is 47.2 Å². The smallest absolute Gasteiger partial charge is 0.274 e. The van der Waals surface area contributed by atoms with Crippen molar-refractivity contribution in [1.29, 1.82) is 0 Å². The maximum atomic E-state index is 15.1. The number of aryl methyl sites for hydroxylation is 1. The van der Waals surface area contributed by atoms with Gasteiger partial charge < -0.3 is 22.5 Å². The average molecular weight is 540 g/mol. The van der Waals surface area contributed by atoms with Crippen molar-refractivity contribution in [2.75, 3.05) is 5.32 Å². The fourth-order valence-corrected chi connectivity index (χ4v) is 4.90. The highest BCUT2D eigenvalue weighted by Crippen LogP contribution is 2.40. The average Bonchev–Trinajstić information content (AvgIpc) is 3.71. The summed E-state index contributed by atoms with van der Waals surface area (Å²) in [5.74, 6) is -0.426. The van der Waals surface area contributed by atoms with E-state index in [1.165, 1.54) is 23.6 Å². The topological polar surface area (TPSA) is 138 Å². The number of carbonyl (C=O) groups excluding carboxylic acids is 1. The lowest BCUT2D eigenvalue weighted by Crippen LogP contribution is -2.38. The second kappa shape index (κ2) is 11.0. The maximum Gasteiger partial charge on any atom is 0.274 e. The van der Waals surface area contributed by atoms with Crippen LogP contribution in [0, 0.1) is 18.7 Å². The number of halogens is 1. The summed E-state index contributed by atoms with van der Waals surface area (Å²) in [5, 5.41) is 7.23. The Balaban J connectivity index is 1.48. The van der Waals surface area contributed by atoms with E-state index >= 15 is 4.39 Å². The van der Waals surface area contributed by atoms with Gasteiger partial charge in [-0.2, -0.15) is 5.10 Å². The van der Waals surface area contributed by atoms with Crippen molar-refractivity contribution >= 4 is 17.3 Å². The summed E-state index contributed by atoms with van der Waals surface area (Å²) in [6.45, 7) is 5.89. The minimum Gasteiger partial charge on any atom is -0.397 e. The van der Waals surface area contributed by atoms with Crippen molar-refractivity contribution in [2.24, 2.45) is 23.1 Å². The molecule has 1 atom stereocenters. The number of hydrogen-bond donors (Lipinski definition) is 4. The molecule has 0 radical (unpaired) electrons. The molecule has 0 spiro atoms. The Bertz CT molecular complexity index is 1560. The summed E-state index contributed by atoms with van der Waals surface area (Å²) in [6.07, 6.45) is 5.64. The summed E-state index contributed by atoms with van der Waals surface area (Å²) in [5.41, 5.74) is 22.7. The van der Waals surface area contributed by atoms with Crippen LogP contribution >= 0.6 is 0 Å². The lowest BCUT2D eigenvalue weighted by atomic mass is 9.80. The summed E-state index contributed by atoms with van der Waals surface area (Å²) in [4.78, 5) is 17.9. The standard InChI is InChI=1S/C31H34FN7O/c1-19-14-29(39(38-19)25-5-3-4-22(15-25)17-33)30(40)37-28-16-23(8-10-26(28)32)31(35,13-12-21-6-7-21)24-9-11-27(20(2)34)36-18-24/h3-5,8-11,14-16,18,21H,2,6-7,12-13,17,33-35H2,1H3,(H,37,40). The van der Waals surface area contributed by atoms with Gasteiger partial charge in [-0.15, -0.1) is 0 Å². The molecule has 1 aliphatic carbocycles. The van der Waals surface area contributed by atoms with E-state index in [-0.39, 0.29) is 11.4 Å². The van der Waals surface area contributed by atoms with E-state index in [1.807, 2.05) is 30.3 Å². The van der Waals surface area contributed by atoms with E-state index in [4.69, 9.17) is 17.2 Å². The molecule has 0 saturated heterocycles. The molecule has 40 heavy (non-hydrogen) atoms. The monoisotopic (exact) mass is 539 g/mol. The Morgan fingerprint density at radius 2 is 1.93 bits per heavy atom. The molecular weight excluding hydrogens is 505 g/mol. The fraction of sp³-hybridized carbons (Fsp3) is 0.258. The predicted octanol–water partition coefficient (Wildman–Crippen LogP) is 4.75. The zero-order valence-corrected chi connectivity index (χ0v) is 22.5. The van der Waals surface area contributed by atoms with Gasteiger partial charge in [-0.1, -0.05) is 43.7 Å². The van der Waals surface area contributed by atoms with E-state index in [9.17, 15) is 4.79 Å². The molecule has 1 aliphatic rings. The number of anilines is 1. The van der Waals surface area contributed by atoms with Gasteiger partial charge in [0.15, 0.2) is 0 Å². The molecule has 2 heterocycles. The first-order valence-corrected chi connectivity index (χ1v) is 13.4. The lowest BCUT2D eigenvalue weighted by molar-refractivity contribution is 0.101. The third-order valence-electron chi connectivity index (χ3n) is 7.44. The maximum absolute atomic E-state index is 15.1. The molecule has 0 aliphatic heterocycles. The predicted molar refractivity (Wildman–Crippen MR) is 155 cm³/mol. The molecule has 1 unspecified atom stereocenters. The summed E-state index contributed by atoms with van der Waals surface area (Å²) >= 11 is 0. The number of benzene rings is 2. The van der Waals surface area contributed by atoms with Crippen LogP contribution in [-0.4, -0.2) is 20.7 Å². The summed E-state index contributed by atoms with van der Waals surface area (Å²) in [6, 6.07) is 17.4. The number of hydrogen-bond acceptors (Lipinski definition) is 6. The second-order valence-electron chi connectivity index (χ2n) is 10.5. The van der Waals surface area contributed by atoms with Crippen LogP contribution in [0.2, 0.25) is 0 Å². The highest BCUT2D eigenvalue weighted by molar-refractivity contribution is 6.03. The normalized spacial score (nSPS) is 14.5. The highest BCUT2D eigenvalue weighted by atomic mass is 19.1. The zero-order chi connectivity index (χ0) is 28.4. The molecule has 1 fully saturated rings. The zero-order valence-electron chi connectivity index (χ0n) is 22.5. The number of amides is 1. The summed E-state index contributed by atoms with van der Waals surface area (Å²) in [7, 11) is 0. The lowest BCUT2D eigenvalue weighted by Gasteiger charge is -2.31. The largest absolute Gasteiger partial charge is 0.397 e. The van der Waals surface area contributed by atoms with Crippen LogP contribution in [0.25, 0.3) is 11.4 Å². The number of nitrogens with two attached hydrogens (primary N) is 3. The van der Waals surface area contributed by atoms with Gasteiger partial charge in [0.05, 0.1) is 34.0 Å². The number of nitrogens with zero attached hydrogens (tertiary/aromatic N) is 3. The molecule has 5 rings (SSSR count). The molecule has 0 bridgehead atoms. The number of pyridine rings is 1. The minimum absolute atomic E-state index is 0.0322. The van der Waals surface area contributed by atoms with Gasteiger partial charge in [0.2, 0.25) is 0 Å². The van der Waals surface area contributed by atoms with E-state index in [1.54, 1.807) is 37.4 Å². The third kappa shape index (κ3) is 5.66. The van der Waals surface area contributed by atoms with Crippen LogP contribution in [0.1, 0.15) is 64.2 Å². The second-order valence-corrected chi connectivity index (χ2v) is 10.5. The molecule has 7 N–H and O–H groups in total. The van der Waals surface area contributed by atoms with Gasteiger partial charge in [0.1, 0.15) is 11.5 Å². The molecule has 206 valence electrons. The quantitative estimate of drug-likeness (QED) is 0.230. The van der Waals surface area contributed by atoms with Gasteiger partial charge in [0.25, 0.3) is 5.91 Å². The van der Waals surface area contributed by atoms with Crippen LogP contribution in [0.4, 0.5) is 10.1 Å². The highest BCUT2D eigenvalue weighted by Gasteiger charge is 2.34. The first kappa shape index (κ1) is 27.2. The molecular formula is C31H34FN7O. The Hall–Kier alpha value is -4.34. The first-order chi connectivity index (χ1) is 19.2. The van der Waals surface area contributed by atoms with Gasteiger partial charge in [0, 0.05) is 12.7 Å². The van der Waals surface area contributed by atoms with Gasteiger partial charge in [-0.3, -0.25) is 9.78 Å². The number of rotatable bonds is 10. The molecule has 9 heteroatoms. The molecule has 1 saturated carbocycles. The van der Waals surface area contributed by atoms with Crippen molar-refractivity contribution in [3.63, 3.8) is 0 Å². The van der Waals surface area contributed by atoms with Crippen molar-refractivity contribution in [3.05, 3.63) is 113 Å². The molecule has 1 amide bonds. The molecule has 2 aromatic carbocycles. The third-order valence-corrected chi connectivity index (χ3v) is 7.44. The van der Waals surface area contributed by atoms with Crippen LogP contribution in [0.3, 0.4) is 0 Å². The molecule has 4 aromatic rings. The van der Waals surface area contributed by atoms with E-state index in [2.05, 4.69) is 22.0 Å². The van der Waals surface area contributed by atoms with E-state index < -0.39 is 17.3 Å². The molecule has 8 nitrogen and oxygen atoms in total. The van der Waals surface area contributed by atoms with Gasteiger partial charge >= 0.3 is 0 Å². The van der Waals surface area contributed by atoms with Gasteiger partial charge in [-0.25, -0.2) is 9.07 Å². The number of nitrogens with one attached hydrogen (secondary N) is 1. The van der Waals surface area contributed by atoms with Crippen molar-refractivity contribution < 1.29 is 9.18 Å². The fourth-order valence-electron chi connectivity index (χ4n) is 4.90. The Kier molecular flexibility index (Phi) is 7.51. The van der Waals surface area contributed by atoms with Gasteiger partial charge in [-0.05, 0) is 78.8 Å². The van der Waals surface area contributed by atoms with Crippen molar-refractivity contribution in [2.45, 2.75) is 44.7 Å². The van der Waals surface area contributed by atoms with Crippen LogP contribution in [0.15, 0.2) is 73.4 Å². The van der Waals surface area contributed by atoms with Crippen LogP contribution < -0.4 is 22.5 Å². The van der Waals surface area contributed by atoms with E-state index in [0.717, 1.165) is 17.5 Å². The summed E-state index contributed by atoms with van der Waals surface area (Å²) < 4.78 is 16.6. The number of aromatic nitrogens is 3. The Labute approximate surface area is 233 Å². The van der Waals surface area contributed by atoms with Crippen molar-refractivity contribution in [3.8, 4) is 5.69 Å². The Morgan fingerprint density at radius 3 is 2.60 bits per heavy atom.